The summed E-state index contributed by atoms with van der Waals surface area (Å²) in [6.07, 6.45) is 7.21. The van der Waals surface area contributed by atoms with Gasteiger partial charge in [0.15, 0.2) is 0 Å². The molecule has 26 heavy (non-hydrogen) atoms. The van der Waals surface area contributed by atoms with E-state index >= 15 is 0 Å². The van der Waals surface area contributed by atoms with Crippen molar-refractivity contribution in [1.29, 1.82) is 0 Å². The van der Waals surface area contributed by atoms with Gasteiger partial charge in [0.2, 0.25) is 5.89 Å². The average molecular weight is 347 g/mol. The first-order valence-electron chi connectivity index (χ1n) is 9.42. The van der Waals surface area contributed by atoms with Gasteiger partial charge in [-0.2, -0.15) is 0 Å². The molecule has 1 aliphatic heterocycles. The molecule has 3 aromatic rings. The first-order chi connectivity index (χ1) is 12.7. The maximum absolute atomic E-state index is 5.95. The molecule has 1 aliphatic rings. The van der Waals surface area contributed by atoms with Crippen molar-refractivity contribution in [1.82, 2.24) is 14.9 Å². The lowest BCUT2D eigenvalue weighted by molar-refractivity contribution is 0.271. The van der Waals surface area contributed by atoms with Gasteiger partial charge in [-0.1, -0.05) is 12.1 Å². The molecule has 1 fully saturated rings. The molecule has 134 valence electrons. The quantitative estimate of drug-likeness (QED) is 0.668. The van der Waals surface area contributed by atoms with Crippen LogP contribution in [0.3, 0.4) is 0 Å². The molecule has 0 bridgehead atoms. The Hall–Kier alpha value is -2.46. The lowest BCUT2D eigenvalue weighted by Crippen LogP contribution is -2.29. The summed E-state index contributed by atoms with van der Waals surface area (Å²) in [5, 5.41) is 0. The van der Waals surface area contributed by atoms with Gasteiger partial charge < -0.3 is 9.32 Å². The normalized spacial score (nSPS) is 17.7. The number of benzene rings is 1. The van der Waals surface area contributed by atoms with Crippen molar-refractivity contribution in [2.45, 2.75) is 39.2 Å². The molecule has 3 heterocycles. The fourth-order valence-electron chi connectivity index (χ4n) is 3.71. The molecule has 0 aliphatic carbocycles. The van der Waals surface area contributed by atoms with E-state index in [-0.39, 0.29) is 0 Å². The lowest BCUT2D eigenvalue weighted by atomic mass is 10.1. The second-order valence-electron chi connectivity index (χ2n) is 7.11. The molecule has 2 aromatic heterocycles. The molecule has 0 radical (unpaired) electrons. The molecule has 1 aromatic carbocycles. The van der Waals surface area contributed by atoms with Gasteiger partial charge in [-0.15, -0.1) is 0 Å². The Bertz CT molecular complexity index is 855. The standard InChI is InChI=1S/C22H25N3O/c1-16-4-3-14-25(16)15-11-21-17(2)26-22(24-21)20-7-5-18(6-8-20)19-9-12-23-13-10-19/h5-10,12-13,16H,3-4,11,14-15H2,1-2H3/t16-/m1/s1. The molecule has 0 N–H and O–H groups in total. The fraction of sp³-hybridized carbons (Fsp3) is 0.364. The summed E-state index contributed by atoms with van der Waals surface area (Å²) in [7, 11) is 0. The van der Waals surface area contributed by atoms with Crippen LogP contribution >= 0.6 is 0 Å². The van der Waals surface area contributed by atoms with Gasteiger partial charge in [0.05, 0.1) is 5.69 Å². The third kappa shape index (κ3) is 3.56. The molecule has 4 nitrogen and oxygen atoms in total. The predicted molar refractivity (Wildman–Crippen MR) is 104 cm³/mol. The number of hydrogen-bond acceptors (Lipinski definition) is 4. The van der Waals surface area contributed by atoms with Crippen LogP contribution in [0.1, 0.15) is 31.2 Å². The topological polar surface area (TPSA) is 42.2 Å². The molecule has 0 amide bonds. The van der Waals surface area contributed by atoms with E-state index in [1.165, 1.54) is 24.9 Å². The number of aromatic nitrogens is 2. The zero-order chi connectivity index (χ0) is 17.9. The van der Waals surface area contributed by atoms with Crippen LogP contribution in [0, 0.1) is 6.92 Å². The first-order valence-corrected chi connectivity index (χ1v) is 9.42. The van der Waals surface area contributed by atoms with E-state index in [0.29, 0.717) is 11.9 Å². The highest BCUT2D eigenvalue weighted by Gasteiger charge is 2.21. The molecular weight excluding hydrogens is 322 g/mol. The smallest absolute Gasteiger partial charge is 0.226 e. The zero-order valence-corrected chi connectivity index (χ0v) is 15.5. The van der Waals surface area contributed by atoms with E-state index in [2.05, 4.69) is 41.1 Å². The summed E-state index contributed by atoms with van der Waals surface area (Å²) < 4.78 is 5.95. The number of hydrogen-bond donors (Lipinski definition) is 0. The number of oxazole rings is 1. The van der Waals surface area contributed by atoms with E-state index in [4.69, 9.17) is 9.40 Å². The highest BCUT2D eigenvalue weighted by molar-refractivity contribution is 5.66. The molecule has 4 rings (SSSR count). The molecule has 1 atom stereocenters. The van der Waals surface area contributed by atoms with Crippen LogP contribution in [0.25, 0.3) is 22.6 Å². The first kappa shape index (κ1) is 17.0. The van der Waals surface area contributed by atoms with Crippen LogP contribution in [0.5, 0.6) is 0 Å². The minimum atomic E-state index is 0.697. The molecule has 0 unspecified atom stereocenters. The summed E-state index contributed by atoms with van der Waals surface area (Å²) in [5.41, 5.74) is 4.43. The minimum absolute atomic E-state index is 0.697. The van der Waals surface area contributed by atoms with Crippen LogP contribution in [-0.2, 0) is 6.42 Å². The second-order valence-corrected chi connectivity index (χ2v) is 7.11. The number of pyridine rings is 1. The van der Waals surface area contributed by atoms with Gasteiger partial charge >= 0.3 is 0 Å². The number of rotatable bonds is 5. The third-order valence-electron chi connectivity index (χ3n) is 5.36. The fourth-order valence-corrected chi connectivity index (χ4v) is 3.71. The van der Waals surface area contributed by atoms with Crippen LogP contribution in [0.4, 0.5) is 0 Å². The van der Waals surface area contributed by atoms with E-state index in [1.807, 2.05) is 31.5 Å². The monoisotopic (exact) mass is 347 g/mol. The van der Waals surface area contributed by atoms with E-state index in [0.717, 1.165) is 35.5 Å². The summed E-state index contributed by atoms with van der Waals surface area (Å²) in [4.78, 5) is 11.4. The average Bonchev–Trinajstić information content (AvgIpc) is 3.26. The molecular formula is C22H25N3O. The van der Waals surface area contributed by atoms with Gasteiger partial charge in [0.1, 0.15) is 5.76 Å². The Morgan fingerprint density at radius 2 is 1.73 bits per heavy atom. The second kappa shape index (κ2) is 7.42. The zero-order valence-electron chi connectivity index (χ0n) is 15.5. The minimum Gasteiger partial charge on any atom is -0.441 e. The number of nitrogens with zero attached hydrogens (tertiary/aromatic N) is 3. The van der Waals surface area contributed by atoms with Gasteiger partial charge in [-0.25, -0.2) is 4.98 Å². The number of likely N-dealkylation sites (tertiary alicyclic amines) is 1. The maximum Gasteiger partial charge on any atom is 0.226 e. The van der Waals surface area contributed by atoms with Crippen LogP contribution in [-0.4, -0.2) is 34.0 Å². The highest BCUT2D eigenvalue weighted by atomic mass is 16.4. The van der Waals surface area contributed by atoms with E-state index in [1.54, 1.807) is 0 Å². The molecule has 4 heteroatoms. The summed E-state index contributed by atoms with van der Waals surface area (Å²) in [5.74, 6) is 1.65. The largest absolute Gasteiger partial charge is 0.441 e. The van der Waals surface area contributed by atoms with E-state index in [9.17, 15) is 0 Å². The van der Waals surface area contributed by atoms with Crippen molar-refractivity contribution in [3.63, 3.8) is 0 Å². The summed E-state index contributed by atoms with van der Waals surface area (Å²) in [6.45, 7) is 6.61. The summed E-state index contributed by atoms with van der Waals surface area (Å²) in [6, 6.07) is 13.1. The van der Waals surface area contributed by atoms with E-state index < -0.39 is 0 Å². The van der Waals surface area contributed by atoms with Crippen molar-refractivity contribution in [3.05, 3.63) is 60.2 Å². The van der Waals surface area contributed by atoms with Crippen LogP contribution < -0.4 is 0 Å². The van der Waals surface area contributed by atoms with Crippen LogP contribution in [0.15, 0.2) is 53.2 Å². The Labute approximate surface area is 154 Å². The molecule has 0 spiro atoms. The molecule has 1 saturated heterocycles. The lowest BCUT2D eigenvalue weighted by Gasteiger charge is -2.20. The van der Waals surface area contributed by atoms with Crippen molar-refractivity contribution in [2.75, 3.05) is 13.1 Å². The third-order valence-corrected chi connectivity index (χ3v) is 5.36. The Morgan fingerprint density at radius 3 is 2.42 bits per heavy atom. The number of aryl methyl sites for hydroxylation is 1. The van der Waals surface area contributed by atoms with Gasteiger partial charge in [0.25, 0.3) is 0 Å². The van der Waals surface area contributed by atoms with Crippen molar-refractivity contribution < 1.29 is 4.42 Å². The Balaban J connectivity index is 1.48. The molecule has 0 saturated carbocycles. The van der Waals surface area contributed by atoms with Crippen molar-refractivity contribution >= 4 is 0 Å². The van der Waals surface area contributed by atoms with Crippen molar-refractivity contribution in [2.24, 2.45) is 0 Å². The summed E-state index contributed by atoms with van der Waals surface area (Å²) >= 11 is 0. The van der Waals surface area contributed by atoms with Gasteiger partial charge in [-0.3, -0.25) is 4.98 Å². The maximum atomic E-state index is 5.95. The Kier molecular flexibility index (Phi) is 4.85. The SMILES string of the molecule is Cc1oc(-c2ccc(-c3ccncc3)cc2)nc1CCN1CCC[C@H]1C. The van der Waals surface area contributed by atoms with Crippen molar-refractivity contribution in [3.8, 4) is 22.6 Å². The predicted octanol–water partition coefficient (Wildman–Crippen LogP) is 4.74. The van der Waals surface area contributed by atoms with Gasteiger partial charge in [-0.05, 0) is 68.6 Å². The highest BCUT2D eigenvalue weighted by Crippen LogP contribution is 2.26. The van der Waals surface area contributed by atoms with Crippen LogP contribution in [0.2, 0.25) is 0 Å². The Morgan fingerprint density at radius 1 is 1.04 bits per heavy atom. The van der Waals surface area contributed by atoms with Gasteiger partial charge in [0, 0.05) is 37.0 Å².